The van der Waals surface area contributed by atoms with E-state index in [1.807, 2.05) is 24.3 Å². The normalized spacial score (nSPS) is 10.9. The maximum absolute atomic E-state index is 15.0. The molecular weight excluding hydrogens is 421 g/mol. The van der Waals surface area contributed by atoms with Gasteiger partial charge in [0.05, 0.1) is 12.1 Å². The molecule has 2 N–H and O–H groups in total. The minimum atomic E-state index is -2.91. The molecule has 6 nitrogen and oxygen atoms in total. The van der Waals surface area contributed by atoms with E-state index in [-0.39, 0.29) is 30.2 Å². The number of primary amides is 1. The number of carbonyl (C=O) groups excluding carboxylic acids is 1. The van der Waals surface area contributed by atoms with Crippen molar-refractivity contribution in [1.29, 1.82) is 0 Å². The second kappa shape index (κ2) is 10.6. The molecule has 32 heavy (non-hydrogen) atoms. The number of aromatic nitrogens is 2. The SMILES string of the molecule is CN(Cc1cccc(OC(F)F)c1)c1ncnc(CCc2ccc(CC(N)=O)cc2)c1F. The first-order valence-electron chi connectivity index (χ1n) is 9.92. The van der Waals surface area contributed by atoms with Crippen molar-refractivity contribution in [2.24, 2.45) is 5.73 Å². The van der Waals surface area contributed by atoms with Gasteiger partial charge in [-0.3, -0.25) is 4.79 Å². The highest BCUT2D eigenvalue weighted by Crippen LogP contribution is 2.22. The highest BCUT2D eigenvalue weighted by atomic mass is 19.3. The summed E-state index contributed by atoms with van der Waals surface area (Å²) in [5, 5.41) is 0. The number of halogens is 3. The van der Waals surface area contributed by atoms with Gasteiger partial charge in [-0.2, -0.15) is 8.78 Å². The van der Waals surface area contributed by atoms with Crippen molar-refractivity contribution in [2.45, 2.75) is 32.4 Å². The Morgan fingerprint density at radius 1 is 1.06 bits per heavy atom. The average molecular weight is 444 g/mol. The van der Waals surface area contributed by atoms with Crippen molar-refractivity contribution >= 4 is 11.7 Å². The van der Waals surface area contributed by atoms with Crippen molar-refractivity contribution in [3.05, 3.63) is 83.1 Å². The molecule has 0 bridgehead atoms. The van der Waals surface area contributed by atoms with E-state index in [1.165, 1.54) is 18.5 Å². The fraction of sp³-hybridized carbons (Fsp3) is 0.261. The van der Waals surface area contributed by atoms with Crippen LogP contribution in [0, 0.1) is 5.82 Å². The first-order valence-corrected chi connectivity index (χ1v) is 9.92. The third-order valence-electron chi connectivity index (χ3n) is 4.80. The zero-order valence-corrected chi connectivity index (χ0v) is 17.5. The van der Waals surface area contributed by atoms with Crippen LogP contribution in [-0.4, -0.2) is 29.5 Å². The van der Waals surface area contributed by atoms with Crippen LogP contribution in [0.4, 0.5) is 19.0 Å². The first kappa shape index (κ1) is 23.1. The molecule has 0 unspecified atom stereocenters. The summed E-state index contributed by atoms with van der Waals surface area (Å²) in [7, 11) is 1.66. The van der Waals surface area contributed by atoms with Crippen LogP contribution in [0.2, 0.25) is 0 Å². The quantitative estimate of drug-likeness (QED) is 0.516. The van der Waals surface area contributed by atoms with Gasteiger partial charge in [-0.05, 0) is 41.7 Å². The Bertz CT molecular complexity index is 1060. The van der Waals surface area contributed by atoms with Crippen LogP contribution >= 0.6 is 0 Å². The van der Waals surface area contributed by atoms with Crippen molar-refractivity contribution in [3.63, 3.8) is 0 Å². The van der Waals surface area contributed by atoms with E-state index in [0.717, 1.165) is 11.1 Å². The summed E-state index contributed by atoms with van der Waals surface area (Å²) in [6.07, 6.45) is 2.40. The van der Waals surface area contributed by atoms with Crippen molar-refractivity contribution < 1.29 is 22.7 Å². The number of amides is 1. The highest BCUT2D eigenvalue weighted by molar-refractivity contribution is 5.76. The topological polar surface area (TPSA) is 81.3 Å². The summed E-state index contributed by atoms with van der Waals surface area (Å²) in [4.78, 5) is 20.7. The second-order valence-corrected chi connectivity index (χ2v) is 7.30. The summed E-state index contributed by atoms with van der Waals surface area (Å²) >= 11 is 0. The molecule has 3 aromatic rings. The molecule has 2 aromatic carbocycles. The molecule has 0 aliphatic carbocycles. The van der Waals surface area contributed by atoms with Crippen molar-refractivity contribution in [3.8, 4) is 5.75 Å². The Labute approximate surface area is 183 Å². The van der Waals surface area contributed by atoms with Gasteiger partial charge in [-0.25, -0.2) is 14.4 Å². The zero-order chi connectivity index (χ0) is 23.1. The molecule has 9 heteroatoms. The number of ether oxygens (including phenoxy) is 1. The lowest BCUT2D eigenvalue weighted by Crippen LogP contribution is -2.20. The van der Waals surface area contributed by atoms with Crippen molar-refractivity contribution in [2.75, 3.05) is 11.9 Å². The number of hydrogen-bond donors (Lipinski definition) is 1. The number of alkyl halides is 2. The third-order valence-corrected chi connectivity index (χ3v) is 4.80. The smallest absolute Gasteiger partial charge is 0.387 e. The molecule has 0 aliphatic rings. The number of anilines is 1. The average Bonchev–Trinajstić information content (AvgIpc) is 2.73. The Morgan fingerprint density at radius 3 is 2.47 bits per heavy atom. The lowest BCUT2D eigenvalue weighted by Gasteiger charge is -2.20. The lowest BCUT2D eigenvalue weighted by molar-refractivity contribution is -0.117. The molecule has 1 heterocycles. The Morgan fingerprint density at radius 2 is 1.78 bits per heavy atom. The van der Waals surface area contributed by atoms with Crippen molar-refractivity contribution in [1.82, 2.24) is 9.97 Å². The van der Waals surface area contributed by atoms with Crippen LogP contribution in [-0.2, 0) is 30.6 Å². The molecule has 1 aromatic heterocycles. The molecule has 0 atom stereocenters. The number of benzene rings is 2. The van der Waals surface area contributed by atoms with Crippen LogP contribution in [0.1, 0.15) is 22.4 Å². The molecule has 0 aliphatic heterocycles. The van der Waals surface area contributed by atoms with Crippen LogP contribution in [0.15, 0.2) is 54.9 Å². The second-order valence-electron chi connectivity index (χ2n) is 7.30. The van der Waals surface area contributed by atoms with E-state index < -0.39 is 18.3 Å². The van der Waals surface area contributed by atoms with Crippen LogP contribution in [0.25, 0.3) is 0 Å². The summed E-state index contributed by atoms with van der Waals surface area (Å²) in [6.45, 7) is -2.67. The monoisotopic (exact) mass is 444 g/mol. The fourth-order valence-electron chi connectivity index (χ4n) is 3.29. The van der Waals surface area contributed by atoms with Gasteiger partial charge < -0.3 is 15.4 Å². The predicted molar refractivity (Wildman–Crippen MR) is 114 cm³/mol. The van der Waals surface area contributed by atoms with Gasteiger partial charge >= 0.3 is 6.61 Å². The molecular formula is C23H23F3N4O2. The predicted octanol–water partition coefficient (Wildman–Crippen LogP) is 3.67. The van der Waals surface area contributed by atoms with E-state index in [1.54, 1.807) is 24.1 Å². The number of nitrogens with zero attached hydrogens (tertiary/aromatic N) is 3. The van der Waals surface area contributed by atoms with Crippen LogP contribution < -0.4 is 15.4 Å². The van der Waals surface area contributed by atoms with E-state index in [9.17, 15) is 13.6 Å². The minimum absolute atomic E-state index is 0.0385. The van der Waals surface area contributed by atoms with E-state index in [0.29, 0.717) is 18.4 Å². The summed E-state index contributed by atoms with van der Waals surface area (Å²) in [5.41, 5.74) is 7.93. The molecule has 168 valence electrons. The van der Waals surface area contributed by atoms with E-state index >= 15 is 4.39 Å². The molecule has 1 amide bonds. The number of nitrogens with two attached hydrogens (primary N) is 1. The number of hydrogen-bond acceptors (Lipinski definition) is 5. The lowest BCUT2D eigenvalue weighted by atomic mass is 10.0. The standard InChI is InChI=1S/C23H23F3N4O2/c1-30(13-17-3-2-4-18(11-17)32-23(25)26)22-21(24)19(28-14-29-22)10-9-15-5-7-16(8-6-15)12-20(27)31/h2-8,11,14,23H,9-10,12-13H2,1H3,(H2,27,31). The van der Waals surface area contributed by atoms with Crippen LogP contribution in [0.3, 0.4) is 0 Å². The van der Waals surface area contributed by atoms with Gasteiger partial charge in [0.15, 0.2) is 11.6 Å². The Kier molecular flexibility index (Phi) is 7.64. The molecule has 0 saturated heterocycles. The highest BCUT2D eigenvalue weighted by Gasteiger charge is 2.16. The number of rotatable bonds is 10. The third kappa shape index (κ3) is 6.44. The van der Waals surface area contributed by atoms with Gasteiger partial charge in [0.1, 0.15) is 12.1 Å². The van der Waals surface area contributed by atoms with E-state index in [2.05, 4.69) is 14.7 Å². The minimum Gasteiger partial charge on any atom is -0.435 e. The van der Waals surface area contributed by atoms with E-state index in [4.69, 9.17) is 5.73 Å². The maximum atomic E-state index is 15.0. The fourth-order valence-corrected chi connectivity index (χ4v) is 3.29. The largest absolute Gasteiger partial charge is 0.435 e. The number of carbonyl (C=O) groups is 1. The van der Waals surface area contributed by atoms with Gasteiger partial charge in [0.2, 0.25) is 5.91 Å². The zero-order valence-electron chi connectivity index (χ0n) is 17.5. The maximum Gasteiger partial charge on any atom is 0.387 e. The molecule has 3 rings (SSSR count). The summed E-state index contributed by atoms with van der Waals surface area (Å²) in [6, 6.07) is 13.6. The first-order chi connectivity index (χ1) is 15.3. The van der Waals surface area contributed by atoms with Gasteiger partial charge in [0, 0.05) is 13.6 Å². The van der Waals surface area contributed by atoms with Gasteiger partial charge in [0.25, 0.3) is 0 Å². The van der Waals surface area contributed by atoms with Gasteiger partial charge in [-0.1, -0.05) is 36.4 Å². The summed E-state index contributed by atoms with van der Waals surface area (Å²) < 4.78 is 44.3. The Hall–Kier alpha value is -3.62. The number of aryl methyl sites for hydroxylation is 2. The molecule has 0 saturated carbocycles. The molecule has 0 fully saturated rings. The van der Waals surface area contributed by atoms with Crippen LogP contribution in [0.5, 0.6) is 5.75 Å². The molecule has 0 radical (unpaired) electrons. The molecule has 0 spiro atoms. The van der Waals surface area contributed by atoms with Gasteiger partial charge in [-0.15, -0.1) is 0 Å². The Balaban J connectivity index is 1.66. The summed E-state index contributed by atoms with van der Waals surface area (Å²) in [5.74, 6) is -0.769.